The lowest BCUT2D eigenvalue weighted by molar-refractivity contribution is 0.415. The molecule has 0 aliphatic heterocycles. The van der Waals surface area contributed by atoms with Crippen LogP contribution in [0.5, 0.6) is 5.75 Å². The first-order valence-corrected chi connectivity index (χ1v) is 4.45. The van der Waals surface area contributed by atoms with Crippen molar-refractivity contribution in [2.24, 2.45) is 12.8 Å². The number of benzene rings is 1. The largest absolute Gasteiger partial charge is 0.496 e. The maximum absolute atomic E-state index is 5.62. The minimum absolute atomic E-state index is 0.480. The highest BCUT2D eigenvalue weighted by Crippen LogP contribution is 2.28. The molecule has 0 radical (unpaired) electrons. The lowest BCUT2D eigenvalue weighted by Gasteiger charge is -2.07. The Morgan fingerprint density at radius 1 is 1.50 bits per heavy atom. The fraction of sp³-hybridized carbons (Fsp3) is 0.300. The first kappa shape index (κ1) is 9.02. The van der Waals surface area contributed by atoms with E-state index in [1.165, 1.54) is 0 Å². The molecule has 1 heterocycles. The van der Waals surface area contributed by atoms with Crippen LogP contribution in [0.25, 0.3) is 10.9 Å². The van der Waals surface area contributed by atoms with Gasteiger partial charge in [-0.3, -0.25) is 4.68 Å². The molecule has 0 bridgehead atoms. The Hall–Kier alpha value is -1.55. The zero-order chi connectivity index (χ0) is 10.1. The fourth-order valence-corrected chi connectivity index (χ4v) is 1.65. The van der Waals surface area contributed by atoms with E-state index in [4.69, 9.17) is 10.5 Å². The highest BCUT2D eigenvalue weighted by molar-refractivity contribution is 5.86. The average Bonchev–Trinajstić information content (AvgIpc) is 2.59. The number of fused-ring (bicyclic) bond motifs is 1. The molecule has 0 saturated carbocycles. The minimum atomic E-state index is 0.480. The summed E-state index contributed by atoms with van der Waals surface area (Å²) in [5.41, 5.74) is 7.68. The Kier molecular flexibility index (Phi) is 2.13. The first-order chi connectivity index (χ1) is 6.77. The molecule has 1 aromatic heterocycles. The summed E-state index contributed by atoms with van der Waals surface area (Å²) < 4.78 is 7.15. The number of rotatable bonds is 2. The molecule has 1 aromatic carbocycles. The van der Waals surface area contributed by atoms with E-state index in [1.807, 2.05) is 23.9 Å². The molecule has 14 heavy (non-hydrogen) atoms. The molecule has 4 nitrogen and oxygen atoms in total. The lowest BCUT2D eigenvalue weighted by Crippen LogP contribution is -2.00. The molecule has 0 amide bonds. The Bertz CT molecular complexity index is 462. The third kappa shape index (κ3) is 1.15. The van der Waals surface area contributed by atoms with Crippen molar-refractivity contribution in [3.63, 3.8) is 0 Å². The highest BCUT2D eigenvalue weighted by atomic mass is 16.5. The molecule has 0 aliphatic carbocycles. The lowest BCUT2D eigenvalue weighted by atomic mass is 10.1. The Morgan fingerprint density at radius 3 is 2.93 bits per heavy atom. The molecule has 2 N–H and O–H groups in total. The predicted molar refractivity (Wildman–Crippen MR) is 55.2 cm³/mol. The van der Waals surface area contributed by atoms with Crippen LogP contribution in [0.2, 0.25) is 0 Å². The summed E-state index contributed by atoms with van der Waals surface area (Å²) in [6, 6.07) is 3.98. The van der Waals surface area contributed by atoms with Crippen molar-refractivity contribution in [1.29, 1.82) is 0 Å². The molecular formula is C10H13N3O. The molecule has 0 unspecified atom stereocenters. The van der Waals surface area contributed by atoms with Crippen molar-refractivity contribution in [3.8, 4) is 5.75 Å². The van der Waals surface area contributed by atoms with Gasteiger partial charge < -0.3 is 10.5 Å². The van der Waals surface area contributed by atoms with E-state index in [0.29, 0.717) is 6.54 Å². The van der Waals surface area contributed by atoms with E-state index in [2.05, 4.69) is 5.10 Å². The van der Waals surface area contributed by atoms with Crippen molar-refractivity contribution >= 4 is 10.9 Å². The van der Waals surface area contributed by atoms with Crippen molar-refractivity contribution < 1.29 is 4.74 Å². The molecule has 0 atom stereocenters. The van der Waals surface area contributed by atoms with E-state index in [9.17, 15) is 0 Å². The summed E-state index contributed by atoms with van der Waals surface area (Å²) in [6.45, 7) is 0.480. The normalized spacial score (nSPS) is 10.8. The van der Waals surface area contributed by atoms with Crippen LogP contribution in [0.4, 0.5) is 0 Å². The third-order valence-electron chi connectivity index (χ3n) is 2.39. The van der Waals surface area contributed by atoms with Crippen LogP contribution in [0, 0.1) is 0 Å². The molecule has 4 heteroatoms. The number of ether oxygens (including phenoxy) is 1. The molecule has 0 fully saturated rings. The van der Waals surface area contributed by atoms with Crippen molar-refractivity contribution in [2.75, 3.05) is 7.11 Å². The number of hydrogen-bond acceptors (Lipinski definition) is 3. The van der Waals surface area contributed by atoms with Crippen LogP contribution in [0.15, 0.2) is 18.3 Å². The minimum Gasteiger partial charge on any atom is -0.496 e. The summed E-state index contributed by atoms with van der Waals surface area (Å²) in [4.78, 5) is 0. The van der Waals surface area contributed by atoms with E-state index < -0.39 is 0 Å². The van der Waals surface area contributed by atoms with Crippen LogP contribution >= 0.6 is 0 Å². The monoisotopic (exact) mass is 191 g/mol. The Balaban J connectivity index is 2.77. The van der Waals surface area contributed by atoms with E-state index in [0.717, 1.165) is 22.2 Å². The zero-order valence-electron chi connectivity index (χ0n) is 8.32. The van der Waals surface area contributed by atoms with Gasteiger partial charge in [-0.2, -0.15) is 5.10 Å². The van der Waals surface area contributed by atoms with Gasteiger partial charge in [-0.15, -0.1) is 0 Å². The van der Waals surface area contributed by atoms with Crippen LogP contribution in [0.1, 0.15) is 5.56 Å². The van der Waals surface area contributed by atoms with Gasteiger partial charge in [0.25, 0.3) is 0 Å². The molecule has 2 aromatic rings. The topological polar surface area (TPSA) is 53.1 Å². The number of nitrogens with two attached hydrogens (primary N) is 1. The average molecular weight is 191 g/mol. The number of aryl methyl sites for hydroxylation is 1. The van der Waals surface area contributed by atoms with Crippen molar-refractivity contribution in [2.45, 2.75) is 6.54 Å². The first-order valence-electron chi connectivity index (χ1n) is 4.45. The quantitative estimate of drug-likeness (QED) is 0.771. The summed E-state index contributed by atoms with van der Waals surface area (Å²) in [6.07, 6.45) is 1.80. The van der Waals surface area contributed by atoms with Gasteiger partial charge >= 0.3 is 0 Å². The predicted octanol–water partition coefficient (Wildman–Crippen LogP) is 1.04. The van der Waals surface area contributed by atoms with Gasteiger partial charge in [-0.25, -0.2) is 0 Å². The standard InChI is InChI=1S/C10H13N3O/c1-13-9-4-3-7(5-11)10(14-2)8(9)6-12-13/h3-4,6H,5,11H2,1-2H3. The molecule has 0 spiro atoms. The maximum Gasteiger partial charge on any atom is 0.134 e. The maximum atomic E-state index is 5.62. The van der Waals surface area contributed by atoms with Crippen LogP contribution in [0.3, 0.4) is 0 Å². The van der Waals surface area contributed by atoms with Gasteiger partial charge in [0.15, 0.2) is 0 Å². The van der Waals surface area contributed by atoms with Gasteiger partial charge in [0.2, 0.25) is 0 Å². The smallest absolute Gasteiger partial charge is 0.134 e. The van der Waals surface area contributed by atoms with E-state index >= 15 is 0 Å². The van der Waals surface area contributed by atoms with Crippen LogP contribution < -0.4 is 10.5 Å². The molecule has 0 aliphatic rings. The fourth-order valence-electron chi connectivity index (χ4n) is 1.65. The summed E-state index contributed by atoms with van der Waals surface area (Å²) in [5, 5.41) is 5.19. The van der Waals surface area contributed by atoms with E-state index in [1.54, 1.807) is 13.3 Å². The second kappa shape index (κ2) is 3.31. The Morgan fingerprint density at radius 2 is 2.29 bits per heavy atom. The molecular weight excluding hydrogens is 178 g/mol. The van der Waals surface area contributed by atoms with Gasteiger partial charge in [0, 0.05) is 19.2 Å². The second-order valence-electron chi connectivity index (χ2n) is 3.16. The number of methoxy groups -OCH3 is 1. The second-order valence-corrected chi connectivity index (χ2v) is 3.16. The highest BCUT2D eigenvalue weighted by Gasteiger charge is 2.09. The van der Waals surface area contributed by atoms with Gasteiger partial charge in [0.1, 0.15) is 5.75 Å². The zero-order valence-corrected chi connectivity index (χ0v) is 8.32. The molecule has 2 rings (SSSR count). The molecule has 0 saturated heterocycles. The van der Waals surface area contributed by atoms with E-state index in [-0.39, 0.29) is 0 Å². The number of aromatic nitrogens is 2. The van der Waals surface area contributed by atoms with Crippen molar-refractivity contribution in [3.05, 3.63) is 23.9 Å². The van der Waals surface area contributed by atoms with Gasteiger partial charge in [-0.1, -0.05) is 6.07 Å². The van der Waals surface area contributed by atoms with Crippen LogP contribution in [-0.4, -0.2) is 16.9 Å². The number of hydrogen-bond donors (Lipinski definition) is 1. The third-order valence-corrected chi connectivity index (χ3v) is 2.39. The van der Waals surface area contributed by atoms with Gasteiger partial charge in [0.05, 0.1) is 24.2 Å². The van der Waals surface area contributed by atoms with Crippen molar-refractivity contribution in [1.82, 2.24) is 9.78 Å². The molecule has 74 valence electrons. The summed E-state index contributed by atoms with van der Waals surface area (Å²) in [5.74, 6) is 0.832. The van der Waals surface area contributed by atoms with Gasteiger partial charge in [-0.05, 0) is 6.07 Å². The summed E-state index contributed by atoms with van der Waals surface area (Å²) >= 11 is 0. The number of nitrogens with zero attached hydrogens (tertiary/aromatic N) is 2. The Labute approximate surface area is 82.3 Å². The summed E-state index contributed by atoms with van der Waals surface area (Å²) in [7, 11) is 3.56. The SMILES string of the molecule is COc1c(CN)ccc2c1cnn2C. The van der Waals surface area contributed by atoms with Crippen LogP contribution in [-0.2, 0) is 13.6 Å².